The molecular formula is C15H30N4S. The zero-order valence-electron chi connectivity index (χ0n) is 13.3. The first-order valence-corrected chi connectivity index (χ1v) is 9.06. The minimum Gasteiger partial charge on any atom is -0.370 e. The van der Waals surface area contributed by atoms with Gasteiger partial charge in [0.05, 0.1) is 6.54 Å². The van der Waals surface area contributed by atoms with Gasteiger partial charge < -0.3 is 15.5 Å². The number of likely N-dealkylation sites (tertiary alicyclic amines) is 2. The van der Waals surface area contributed by atoms with Crippen LogP contribution in [0.1, 0.15) is 32.6 Å². The highest BCUT2D eigenvalue weighted by molar-refractivity contribution is 8.00. The molecule has 4 nitrogen and oxygen atoms in total. The van der Waals surface area contributed by atoms with Gasteiger partial charge in [-0.2, -0.15) is 11.8 Å². The van der Waals surface area contributed by atoms with Crippen molar-refractivity contribution in [2.24, 2.45) is 16.6 Å². The average molecular weight is 299 g/mol. The number of thioether (sulfide) groups is 1. The number of piperidine rings is 2. The van der Waals surface area contributed by atoms with Gasteiger partial charge in [0.2, 0.25) is 0 Å². The smallest absolute Gasteiger partial charge is 0.191 e. The Morgan fingerprint density at radius 2 is 2.05 bits per heavy atom. The van der Waals surface area contributed by atoms with Crippen molar-refractivity contribution < 1.29 is 0 Å². The van der Waals surface area contributed by atoms with Gasteiger partial charge in [-0.3, -0.25) is 4.99 Å². The molecule has 0 spiro atoms. The van der Waals surface area contributed by atoms with Gasteiger partial charge in [-0.15, -0.1) is 0 Å². The Hall–Kier alpha value is -0.420. The molecule has 0 radical (unpaired) electrons. The molecule has 2 aliphatic rings. The summed E-state index contributed by atoms with van der Waals surface area (Å²) >= 11 is 1.98. The number of aliphatic imine (C=N–C) groups is 1. The SMILES string of the molecule is CSC1(CN=C(N)N2CCCC(C)C2)CCN(C)CC1. The van der Waals surface area contributed by atoms with Gasteiger partial charge in [0.15, 0.2) is 5.96 Å². The monoisotopic (exact) mass is 298 g/mol. The second kappa shape index (κ2) is 7.03. The second-order valence-corrected chi connectivity index (χ2v) is 7.83. The first kappa shape index (κ1) is 16.0. The minimum atomic E-state index is 0.304. The molecule has 2 aliphatic heterocycles. The number of hydrogen-bond donors (Lipinski definition) is 1. The van der Waals surface area contributed by atoms with Gasteiger partial charge in [-0.05, 0) is 58.0 Å². The van der Waals surface area contributed by atoms with Crippen molar-refractivity contribution in [3.05, 3.63) is 0 Å². The largest absolute Gasteiger partial charge is 0.370 e. The molecule has 2 N–H and O–H groups in total. The number of hydrogen-bond acceptors (Lipinski definition) is 3. The summed E-state index contributed by atoms with van der Waals surface area (Å²) in [6.07, 6.45) is 7.23. The molecule has 5 heteroatoms. The van der Waals surface area contributed by atoms with Gasteiger partial charge in [0.1, 0.15) is 0 Å². The fraction of sp³-hybridized carbons (Fsp3) is 0.933. The predicted octanol–water partition coefficient (Wildman–Crippen LogP) is 1.86. The second-order valence-electron chi connectivity index (χ2n) is 6.56. The van der Waals surface area contributed by atoms with Crippen molar-refractivity contribution in [1.29, 1.82) is 0 Å². The van der Waals surface area contributed by atoms with Gasteiger partial charge in [-0.25, -0.2) is 0 Å². The van der Waals surface area contributed by atoms with Gasteiger partial charge in [0, 0.05) is 17.8 Å². The summed E-state index contributed by atoms with van der Waals surface area (Å²) in [4.78, 5) is 9.44. The summed E-state index contributed by atoms with van der Waals surface area (Å²) < 4.78 is 0.304. The van der Waals surface area contributed by atoms with Crippen LogP contribution in [0.4, 0.5) is 0 Å². The highest BCUT2D eigenvalue weighted by Gasteiger charge is 2.33. The molecule has 2 fully saturated rings. The molecule has 116 valence electrons. The Balaban J connectivity index is 1.92. The summed E-state index contributed by atoms with van der Waals surface area (Å²) in [7, 11) is 2.21. The van der Waals surface area contributed by atoms with E-state index in [0.29, 0.717) is 4.75 Å². The summed E-state index contributed by atoms with van der Waals surface area (Å²) in [6.45, 7) is 7.69. The van der Waals surface area contributed by atoms with E-state index in [0.717, 1.165) is 31.5 Å². The number of guanidine groups is 1. The Morgan fingerprint density at radius 3 is 2.65 bits per heavy atom. The van der Waals surface area contributed by atoms with Crippen molar-refractivity contribution in [1.82, 2.24) is 9.80 Å². The molecule has 2 heterocycles. The quantitative estimate of drug-likeness (QED) is 0.638. The van der Waals surface area contributed by atoms with Crippen LogP contribution in [-0.2, 0) is 0 Å². The van der Waals surface area contributed by atoms with E-state index in [1.165, 1.54) is 38.8 Å². The van der Waals surface area contributed by atoms with Crippen molar-refractivity contribution in [2.45, 2.75) is 37.4 Å². The molecule has 2 rings (SSSR count). The zero-order valence-corrected chi connectivity index (χ0v) is 14.1. The number of nitrogens with two attached hydrogens (primary N) is 1. The van der Waals surface area contributed by atoms with Crippen LogP contribution in [0.5, 0.6) is 0 Å². The standard InChI is InChI=1S/C15H30N4S/c1-13-5-4-8-19(11-13)14(16)17-12-15(20-3)6-9-18(2)10-7-15/h13H,4-12H2,1-3H3,(H2,16,17). The highest BCUT2D eigenvalue weighted by atomic mass is 32.2. The fourth-order valence-corrected chi connectivity index (χ4v) is 3.96. The van der Waals surface area contributed by atoms with Crippen molar-refractivity contribution in [2.75, 3.05) is 46.0 Å². The number of nitrogens with zero attached hydrogens (tertiary/aromatic N) is 3. The third kappa shape index (κ3) is 4.04. The first-order valence-electron chi connectivity index (χ1n) is 7.83. The average Bonchev–Trinajstić information content (AvgIpc) is 2.47. The molecule has 0 saturated carbocycles. The van der Waals surface area contributed by atoms with Gasteiger partial charge >= 0.3 is 0 Å². The summed E-state index contributed by atoms with van der Waals surface area (Å²) in [5.74, 6) is 1.51. The number of rotatable bonds is 3. The molecule has 0 bridgehead atoms. The first-order chi connectivity index (χ1) is 9.54. The van der Waals surface area contributed by atoms with E-state index in [2.05, 4.69) is 30.0 Å². The Morgan fingerprint density at radius 1 is 1.35 bits per heavy atom. The third-order valence-electron chi connectivity index (χ3n) is 4.84. The van der Waals surface area contributed by atoms with Crippen LogP contribution in [0.25, 0.3) is 0 Å². The fourth-order valence-electron chi connectivity index (χ4n) is 3.18. The molecule has 1 atom stereocenters. The molecule has 0 aromatic heterocycles. The molecule has 0 aromatic rings. The summed E-state index contributed by atoms with van der Waals surface area (Å²) in [6, 6.07) is 0. The third-order valence-corrected chi connectivity index (χ3v) is 6.24. The van der Waals surface area contributed by atoms with E-state index in [-0.39, 0.29) is 0 Å². The van der Waals surface area contributed by atoms with Gasteiger partial charge in [0.25, 0.3) is 0 Å². The van der Waals surface area contributed by atoms with Crippen LogP contribution in [0.2, 0.25) is 0 Å². The molecule has 2 saturated heterocycles. The van der Waals surface area contributed by atoms with Crippen LogP contribution in [-0.4, -0.2) is 66.5 Å². The Kier molecular flexibility index (Phi) is 5.61. The van der Waals surface area contributed by atoms with Crippen LogP contribution >= 0.6 is 11.8 Å². The molecule has 0 aromatic carbocycles. The summed E-state index contributed by atoms with van der Waals surface area (Å²) in [5.41, 5.74) is 6.22. The maximum absolute atomic E-state index is 6.22. The normalized spacial score (nSPS) is 28.6. The lowest BCUT2D eigenvalue weighted by molar-refractivity contribution is 0.240. The lowest BCUT2D eigenvalue weighted by Crippen LogP contribution is -2.46. The molecule has 1 unspecified atom stereocenters. The summed E-state index contributed by atoms with van der Waals surface area (Å²) in [5, 5.41) is 0. The lowest BCUT2D eigenvalue weighted by Gasteiger charge is -2.39. The topological polar surface area (TPSA) is 44.9 Å². The maximum Gasteiger partial charge on any atom is 0.191 e. The minimum absolute atomic E-state index is 0.304. The van der Waals surface area contributed by atoms with Crippen LogP contribution in [0.3, 0.4) is 0 Å². The molecule has 20 heavy (non-hydrogen) atoms. The van der Waals surface area contributed by atoms with Crippen LogP contribution < -0.4 is 5.73 Å². The van der Waals surface area contributed by atoms with Crippen molar-refractivity contribution >= 4 is 17.7 Å². The van der Waals surface area contributed by atoms with E-state index < -0.39 is 0 Å². The van der Waals surface area contributed by atoms with Crippen LogP contribution in [0, 0.1) is 5.92 Å². The van der Waals surface area contributed by atoms with Crippen LogP contribution in [0.15, 0.2) is 4.99 Å². The van der Waals surface area contributed by atoms with Crippen molar-refractivity contribution in [3.63, 3.8) is 0 Å². The Labute approximate surface area is 128 Å². The van der Waals surface area contributed by atoms with E-state index >= 15 is 0 Å². The maximum atomic E-state index is 6.22. The van der Waals surface area contributed by atoms with Gasteiger partial charge in [-0.1, -0.05) is 6.92 Å². The van der Waals surface area contributed by atoms with E-state index in [9.17, 15) is 0 Å². The lowest BCUT2D eigenvalue weighted by atomic mass is 9.96. The molecule has 0 amide bonds. The predicted molar refractivity (Wildman–Crippen MR) is 89.4 cm³/mol. The van der Waals surface area contributed by atoms with E-state index in [4.69, 9.17) is 10.7 Å². The van der Waals surface area contributed by atoms with E-state index in [1.807, 2.05) is 11.8 Å². The van der Waals surface area contributed by atoms with E-state index in [1.54, 1.807) is 0 Å². The Bertz CT molecular complexity index is 337. The molecule has 0 aliphatic carbocycles. The zero-order chi connectivity index (χ0) is 14.6. The van der Waals surface area contributed by atoms with Crippen molar-refractivity contribution in [3.8, 4) is 0 Å². The highest BCUT2D eigenvalue weighted by Crippen LogP contribution is 2.34. The molecular weight excluding hydrogens is 268 g/mol.